The summed E-state index contributed by atoms with van der Waals surface area (Å²) in [6.45, 7) is 12.9. The summed E-state index contributed by atoms with van der Waals surface area (Å²) in [5.41, 5.74) is 0. The molecule has 0 spiro atoms. The average Bonchev–Trinajstić information content (AvgIpc) is 2.42. The molecule has 0 aromatic heterocycles. The van der Waals surface area contributed by atoms with Crippen molar-refractivity contribution in [3.63, 3.8) is 0 Å². The Morgan fingerprint density at radius 2 is 1.89 bits per heavy atom. The van der Waals surface area contributed by atoms with Crippen molar-refractivity contribution in [1.29, 1.82) is 0 Å². The van der Waals surface area contributed by atoms with Crippen LogP contribution in [0.5, 0.6) is 0 Å². The molecule has 0 aromatic carbocycles. The van der Waals surface area contributed by atoms with Crippen LogP contribution >= 0.6 is 0 Å². The summed E-state index contributed by atoms with van der Waals surface area (Å²) in [5.74, 6) is 0.874. The lowest BCUT2D eigenvalue weighted by atomic mass is 9.83. The molecule has 0 radical (unpaired) electrons. The Kier molecular flexibility index (Phi) is 7.92. The predicted octanol–water partition coefficient (Wildman–Crippen LogP) is 3.67. The molecule has 0 aromatic rings. The summed E-state index contributed by atoms with van der Waals surface area (Å²) >= 11 is 0. The SMILES string of the molecule is CCCNC1CCCCC1CN(CC)C(C)CC. The molecule has 2 nitrogen and oxygen atoms in total. The third-order valence-electron chi connectivity index (χ3n) is 4.65. The van der Waals surface area contributed by atoms with E-state index in [0.717, 1.165) is 18.0 Å². The van der Waals surface area contributed by atoms with Crippen molar-refractivity contribution in [1.82, 2.24) is 10.2 Å². The van der Waals surface area contributed by atoms with Crippen LogP contribution in [0.2, 0.25) is 0 Å². The lowest BCUT2D eigenvalue weighted by molar-refractivity contribution is 0.138. The Morgan fingerprint density at radius 3 is 2.50 bits per heavy atom. The first-order chi connectivity index (χ1) is 8.72. The Hall–Kier alpha value is -0.0800. The normalized spacial score (nSPS) is 26.5. The van der Waals surface area contributed by atoms with Gasteiger partial charge in [-0.15, -0.1) is 0 Å². The average molecular weight is 254 g/mol. The molecule has 0 aliphatic heterocycles. The lowest BCUT2D eigenvalue weighted by Crippen LogP contribution is -2.46. The van der Waals surface area contributed by atoms with Crippen LogP contribution in [0.1, 0.15) is 66.2 Å². The van der Waals surface area contributed by atoms with E-state index in [4.69, 9.17) is 0 Å². The summed E-state index contributed by atoms with van der Waals surface area (Å²) < 4.78 is 0. The number of nitrogens with zero attached hydrogens (tertiary/aromatic N) is 1. The minimum Gasteiger partial charge on any atom is -0.314 e. The van der Waals surface area contributed by atoms with E-state index in [2.05, 4.69) is 37.9 Å². The molecule has 1 fully saturated rings. The molecule has 0 bridgehead atoms. The van der Waals surface area contributed by atoms with E-state index < -0.39 is 0 Å². The molecule has 1 saturated carbocycles. The second-order valence-corrected chi connectivity index (χ2v) is 5.95. The second-order valence-electron chi connectivity index (χ2n) is 5.95. The van der Waals surface area contributed by atoms with E-state index in [1.54, 1.807) is 0 Å². The molecule has 3 unspecified atom stereocenters. The topological polar surface area (TPSA) is 15.3 Å². The maximum absolute atomic E-state index is 3.78. The smallest absolute Gasteiger partial charge is 0.0107 e. The van der Waals surface area contributed by atoms with Crippen LogP contribution in [0, 0.1) is 5.92 Å². The van der Waals surface area contributed by atoms with Gasteiger partial charge in [-0.05, 0) is 51.6 Å². The quantitative estimate of drug-likeness (QED) is 0.711. The van der Waals surface area contributed by atoms with Crippen molar-refractivity contribution < 1.29 is 0 Å². The number of nitrogens with one attached hydrogen (secondary N) is 1. The molecule has 0 amide bonds. The Bertz CT molecular complexity index is 205. The van der Waals surface area contributed by atoms with Gasteiger partial charge in [-0.3, -0.25) is 0 Å². The minimum absolute atomic E-state index is 0.740. The van der Waals surface area contributed by atoms with Gasteiger partial charge in [-0.25, -0.2) is 0 Å². The van der Waals surface area contributed by atoms with E-state index in [1.165, 1.54) is 58.2 Å². The fourth-order valence-electron chi connectivity index (χ4n) is 3.20. The lowest BCUT2D eigenvalue weighted by Gasteiger charge is -2.38. The third-order valence-corrected chi connectivity index (χ3v) is 4.65. The second kappa shape index (κ2) is 8.92. The first kappa shape index (κ1) is 16.0. The van der Waals surface area contributed by atoms with Crippen LogP contribution in [-0.4, -0.2) is 36.6 Å². The van der Waals surface area contributed by atoms with Gasteiger partial charge < -0.3 is 10.2 Å². The fraction of sp³-hybridized carbons (Fsp3) is 1.00. The van der Waals surface area contributed by atoms with Crippen molar-refractivity contribution >= 4 is 0 Å². The molecule has 1 N–H and O–H groups in total. The van der Waals surface area contributed by atoms with E-state index >= 15 is 0 Å². The maximum Gasteiger partial charge on any atom is 0.0107 e. The molecule has 18 heavy (non-hydrogen) atoms. The van der Waals surface area contributed by atoms with Crippen LogP contribution in [-0.2, 0) is 0 Å². The van der Waals surface area contributed by atoms with E-state index in [0.29, 0.717) is 0 Å². The highest BCUT2D eigenvalue weighted by atomic mass is 15.1. The van der Waals surface area contributed by atoms with Gasteiger partial charge in [0.1, 0.15) is 0 Å². The van der Waals surface area contributed by atoms with Crippen molar-refractivity contribution in [2.24, 2.45) is 5.92 Å². The number of rotatable bonds is 8. The Balaban J connectivity index is 2.48. The highest BCUT2D eigenvalue weighted by Crippen LogP contribution is 2.26. The van der Waals surface area contributed by atoms with Gasteiger partial charge in [-0.2, -0.15) is 0 Å². The van der Waals surface area contributed by atoms with Crippen LogP contribution in [0.25, 0.3) is 0 Å². The largest absolute Gasteiger partial charge is 0.314 e. The van der Waals surface area contributed by atoms with Gasteiger partial charge in [-0.1, -0.05) is 33.6 Å². The molecular formula is C16H34N2. The zero-order chi connectivity index (χ0) is 13.4. The summed E-state index contributed by atoms with van der Waals surface area (Å²) in [4.78, 5) is 2.68. The van der Waals surface area contributed by atoms with Crippen LogP contribution in [0.3, 0.4) is 0 Å². The van der Waals surface area contributed by atoms with Crippen molar-refractivity contribution in [2.45, 2.75) is 78.3 Å². The molecule has 1 rings (SSSR count). The molecule has 3 atom stereocenters. The number of hydrogen-bond acceptors (Lipinski definition) is 2. The molecule has 0 heterocycles. The third kappa shape index (κ3) is 4.89. The standard InChI is InChI=1S/C16H34N2/c1-5-12-17-16-11-9-8-10-15(16)13-18(7-3)14(4)6-2/h14-17H,5-13H2,1-4H3. The van der Waals surface area contributed by atoms with Crippen molar-refractivity contribution in [2.75, 3.05) is 19.6 Å². The first-order valence-corrected chi connectivity index (χ1v) is 8.20. The fourth-order valence-corrected chi connectivity index (χ4v) is 3.20. The minimum atomic E-state index is 0.740. The summed E-state index contributed by atoms with van der Waals surface area (Å²) in [7, 11) is 0. The monoisotopic (exact) mass is 254 g/mol. The molecule has 1 aliphatic rings. The van der Waals surface area contributed by atoms with Gasteiger partial charge in [0.2, 0.25) is 0 Å². The molecule has 1 aliphatic carbocycles. The van der Waals surface area contributed by atoms with Crippen LogP contribution in [0.4, 0.5) is 0 Å². The number of hydrogen-bond donors (Lipinski definition) is 1. The highest BCUT2D eigenvalue weighted by molar-refractivity contribution is 4.84. The molecule has 0 saturated heterocycles. The first-order valence-electron chi connectivity index (χ1n) is 8.20. The van der Waals surface area contributed by atoms with Gasteiger partial charge in [0, 0.05) is 18.6 Å². The van der Waals surface area contributed by atoms with Crippen molar-refractivity contribution in [3.8, 4) is 0 Å². The van der Waals surface area contributed by atoms with Crippen LogP contribution in [0.15, 0.2) is 0 Å². The predicted molar refractivity (Wildman–Crippen MR) is 81.0 cm³/mol. The zero-order valence-electron chi connectivity index (χ0n) is 13.0. The van der Waals surface area contributed by atoms with Crippen molar-refractivity contribution in [3.05, 3.63) is 0 Å². The Morgan fingerprint density at radius 1 is 1.17 bits per heavy atom. The Labute approximate surface area is 115 Å². The van der Waals surface area contributed by atoms with Gasteiger partial charge in [0.15, 0.2) is 0 Å². The summed E-state index contributed by atoms with van der Waals surface area (Å²) in [6.07, 6.45) is 8.21. The van der Waals surface area contributed by atoms with E-state index in [1.807, 2.05) is 0 Å². The van der Waals surface area contributed by atoms with Gasteiger partial charge in [0.05, 0.1) is 0 Å². The zero-order valence-corrected chi connectivity index (χ0v) is 13.0. The van der Waals surface area contributed by atoms with E-state index in [-0.39, 0.29) is 0 Å². The highest BCUT2D eigenvalue weighted by Gasteiger charge is 2.26. The van der Waals surface area contributed by atoms with E-state index in [9.17, 15) is 0 Å². The molecular weight excluding hydrogens is 220 g/mol. The summed E-state index contributed by atoms with van der Waals surface area (Å²) in [6, 6.07) is 1.51. The molecule has 108 valence electrons. The van der Waals surface area contributed by atoms with Gasteiger partial charge >= 0.3 is 0 Å². The van der Waals surface area contributed by atoms with Gasteiger partial charge in [0.25, 0.3) is 0 Å². The summed E-state index contributed by atoms with van der Waals surface area (Å²) in [5, 5.41) is 3.78. The molecule has 2 heteroatoms. The van der Waals surface area contributed by atoms with Crippen LogP contribution < -0.4 is 5.32 Å². The maximum atomic E-state index is 3.78.